The van der Waals surface area contributed by atoms with Gasteiger partial charge in [-0.25, -0.2) is 4.68 Å². The highest BCUT2D eigenvalue weighted by atomic mass is 35.5. The molecule has 11 heteroatoms. The number of carbonyl (C=O) groups is 1. The van der Waals surface area contributed by atoms with Crippen LogP contribution in [0.25, 0.3) is 0 Å². The number of rotatable bonds is 3. The molecule has 0 bridgehead atoms. The van der Waals surface area contributed by atoms with Crippen LogP contribution < -0.4 is 10.6 Å². The van der Waals surface area contributed by atoms with Crippen molar-refractivity contribution in [3.63, 3.8) is 0 Å². The van der Waals surface area contributed by atoms with E-state index in [1.54, 1.807) is 36.4 Å². The van der Waals surface area contributed by atoms with Crippen molar-refractivity contribution in [2.24, 2.45) is 0 Å². The molecule has 4 rings (SSSR count). The SMILES string of the molecule is O=C(Nc1cccc(Cl)c1Cl)c1cc2n(n1)[C@@H](C(F)(F)F)C[C@H](c1ccc(Cl)cc1)N2. The molecule has 0 spiro atoms. The highest BCUT2D eigenvalue weighted by Gasteiger charge is 2.46. The van der Waals surface area contributed by atoms with Crippen molar-refractivity contribution in [1.29, 1.82) is 0 Å². The molecule has 0 saturated heterocycles. The number of aromatic nitrogens is 2. The van der Waals surface area contributed by atoms with Crippen molar-refractivity contribution in [1.82, 2.24) is 9.78 Å². The van der Waals surface area contributed by atoms with E-state index < -0.39 is 24.2 Å². The summed E-state index contributed by atoms with van der Waals surface area (Å²) < 4.78 is 42.1. The highest BCUT2D eigenvalue weighted by Crippen LogP contribution is 2.43. The number of hydrogen-bond donors (Lipinski definition) is 2. The molecular weight excluding hydrogens is 476 g/mol. The minimum Gasteiger partial charge on any atom is -0.363 e. The predicted octanol–water partition coefficient (Wildman–Crippen LogP) is 6.76. The Morgan fingerprint density at radius 3 is 2.52 bits per heavy atom. The molecule has 0 radical (unpaired) electrons. The number of alkyl halides is 3. The van der Waals surface area contributed by atoms with Crippen molar-refractivity contribution in [2.45, 2.75) is 24.7 Å². The van der Waals surface area contributed by atoms with Crippen LogP contribution in [0.5, 0.6) is 0 Å². The number of halogens is 6. The van der Waals surface area contributed by atoms with E-state index in [1.165, 1.54) is 12.1 Å². The van der Waals surface area contributed by atoms with Gasteiger partial charge in [-0.2, -0.15) is 18.3 Å². The van der Waals surface area contributed by atoms with Crippen molar-refractivity contribution in [2.75, 3.05) is 10.6 Å². The lowest BCUT2D eigenvalue weighted by atomic mass is 9.97. The summed E-state index contributed by atoms with van der Waals surface area (Å²) in [5.41, 5.74) is 0.678. The Bertz CT molecular complexity index is 1130. The molecule has 1 aliphatic heterocycles. The van der Waals surface area contributed by atoms with E-state index in [4.69, 9.17) is 34.8 Å². The molecule has 0 saturated carbocycles. The number of hydrogen-bond acceptors (Lipinski definition) is 3. The van der Waals surface area contributed by atoms with Crippen LogP contribution in [-0.2, 0) is 0 Å². The number of anilines is 2. The van der Waals surface area contributed by atoms with Gasteiger partial charge in [0, 0.05) is 17.5 Å². The summed E-state index contributed by atoms with van der Waals surface area (Å²) in [7, 11) is 0. The van der Waals surface area contributed by atoms with E-state index in [2.05, 4.69) is 15.7 Å². The molecule has 162 valence electrons. The Labute approximate surface area is 190 Å². The minimum absolute atomic E-state index is 0.0795. The number of fused-ring (bicyclic) bond motifs is 1. The van der Waals surface area contributed by atoms with Crippen LogP contribution in [0, 0.1) is 0 Å². The predicted molar refractivity (Wildman–Crippen MR) is 114 cm³/mol. The summed E-state index contributed by atoms with van der Waals surface area (Å²) in [6, 6.07) is 9.93. The first-order valence-corrected chi connectivity index (χ1v) is 10.2. The molecule has 5 nitrogen and oxygen atoms in total. The Balaban J connectivity index is 1.65. The Hall–Kier alpha value is -2.42. The average molecular weight is 490 g/mol. The lowest BCUT2D eigenvalue weighted by Crippen LogP contribution is -2.35. The number of nitrogens with zero attached hydrogens (tertiary/aromatic N) is 2. The normalized spacial score (nSPS) is 18.3. The topological polar surface area (TPSA) is 59.0 Å². The van der Waals surface area contributed by atoms with Crippen molar-refractivity contribution < 1.29 is 18.0 Å². The van der Waals surface area contributed by atoms with Crippen LogP contribution in [-0.4, -0.2) is 21.9 Å². The standard InChI is InChI=1S/C20H14Cl3F3N4O/c21-11-6-4-10(5-7-11)14-8-16(20(24,25)26)30-17(27-14)9-15(29-30)19(31)28-13-3-1-2-12(22)18(13)23/h1-7,9,14,16,27H,8H2,(H,28,31)/t14-,16-/m1/s1. The zero-order valence-electron chi connectivity index (χ0n) is 15.6. The van der Waals surface area contributed by atoms with Crippen LogP contribution in [0.15, 0.2) is 48.5 Å². The molecule has 2 atom stereocenters. The van der Waals surface area contributed by atoms with Gasteiger partial charge in [-0.05, 0) is 29.8 Å². The maximum Gasteiger partial charge on any atom is 0.410 e. The lowest BCUT2D eigenvalue weighted by molar-refractivity contribution is -0.173. The fourth-order valence-electron chi connectivity index (χ4n) is 3.38. The second kappa shape index (κ2) is 8.26. The fourth-order valence-corrected chi connectivity index (χ4v) is 3.86. The molecule has 2 heterocycles. The van der Waals surface area contributed by atoms with E-state index in [0.717, 1.165) is 4.68 Å². The van der Waals surface area contributed by atoms with Gasteiger partial charge in [-0.15, -0.1) is 0 Å². The third-order valence-corrected chi connectivity index (χ3v) is 5.97. The van der Waals surface area contributed by atoms with Gasteiger partial charge < -0.3 is 10.6 Å². The molecule has 0 fully saturated rings. The molecular formula is C20H14Cl3F3N4O. The second-order valence-corrected chi connectivity index (χ2v) is 8.18. The van der Waals surface area contributed by atoms with Gasteiger partial charge >= 0.3 is 6.18 Å². The third kappa shape index (κ3) is 4.46. The van der Waals surface area contributed by atoms with Crippen molar-refractivity contribution >= 4 is 52.2 Å². The number of nitrogens with one attached hydrogen (secondary N) is 2. The van der Waals surface area contributed by atoms with Gasteiger partial charge in [0.15, 0.2) is 11.7 Å². The van der Waals surface area contributed by atoms with Crippen LogP contribution in [0.3, 0.4) is 0 Å². The Morgan fingerprint density at radius 2 is 1.84 bits per heavy atom. The fraction of sp³-hybridized carbons (Fsp3) is 0.200. The first-order chi connectivity index (χ1) is 14.6. The molecule has 3 aromatic rings. The summed E-state index contributed by atoms with van der Waals surface area (Å²) in [6.45, 7) is 0. The minimum atomic E-state index is -4.56. The molecule has 2 aromatic carbocycles. The summed E-state index contributed by atoms with van der Waals surface area (Å²) in [5.74, 6) is -0.632. The molecule has 2 N–H and O–H groups in total. The molecule has 31 heavy (non-hydrogen) atoms. The van der Waals surface area contributed by atoms with E-state index >= 15 is 0 Å². The van der Waals surface area contributed by atoms with Crippen LogP contribution in [0.4, 0.5) is 24.7 Å². The van der Waals surface area contributed by atoms with Gasteiger partial charge in [-0.3, -0.25) is 4.79 Å². The van der Waals surface area contributed by atoms with E-state index in [0.29, 0.717) is 10.6 Å². The van der Waals surface area contributed by atoms with Crippen LogP contribution >= 0.6 is 34.8 Å². The zero-order valence-corrected chi connectivity index (χ0v) is 17.8. The Morgan fingerprint density at radius 1 is 1.13 bits per heavy atom. The number of carbonyl (C=O) groups excluding carboxylic acids is 1. The Kier molecular flexibility index (Phi) is 5.81. The first kappa shape index (κ1) is 21.8. The van der Waals surface area contributed by atoms with Gasteiger partial charge in [-0.1, -0.05) is 53.0 Å². The summed E-state index contributed by atoms with van der Waals surface area (Å²) >= 11 is 17.9. The molecule has 1 aliphatic rings. The quantitative estimate of drug-likeness (QED) is 0.427. The smallest absolute Gasteiger partial charge is 0.363 e. The van der Waals surface area contributed by atoms with Gasteiger partial charge in [0.25, 0.3) is 5.91 Å². The van der Waals surface area contributed by atoms with Gasteiger partial charge in [0.05, 0.1) is 21.8 Å². The summed E-state index contributed by atoms with van der Waals surface area (Å²) in [5, 5.41) is 10.3. The van der Waals surface area contributed by atoms with Crippen molar-refractivity contribution in [3.05, 3.63) is 74.9 Å². The van der Waals surface area contributed by atoms with E-state index in [-0.39, 0.29) is 33.7 Å². The van der Waals surface area contributed by atoms with Crippen molar-refractivity contribution in [3.8, 4) is 0 Å². The van der Waals surface area contributed by atoms with Gasteiger partial charge in [0.1, 0.15) is 5.82 Å². The van der Waals surface area contributed by atoms with Crippen LogP contribution in [0.1, 0.15) is 34.6 Å². The monoisotopic (exact) mass is 488 g/mol. The van der Waals surface area contributed by atoms with Crippen LogP contribution in [0.2, 0.25) is 15.1 Å². The lowest BCUT2D eigenvalue weighted by Gasteiger charge is -2.33. The van der Waals surface area contributed by atoms with Gasteiger partial charge in [0.2, 0.25) is 0 Å². The maximum atomic E-state index is 13.8. The third-order valence-electron chi connectivity index (χ3n) is 4.89. The summed E-state index contributed by atoms with van der Waals surface area (Å²) in [4.78, 5) is 12.6. The maximum absolute atomic E-state index is 13.8. The highest BCUT2D eigenvalue weighted by molar-refractivity contribution is 6.44. The van der Waals surface area contributed by atoms with E-state index in [1.807, 2.05) is 0 Å². The number of amides is 1. The van der Waals surface area contributed by atoms with E-state index in [9.17, 15) is 18.0 Å². The zero-order chi connectivity index (χ0) is 22.3. The largest absolute Gasteiger partial charge is 0.410 e. The molecule has 0 aliphatic carbocycles. The summed E-state index contributed by atoms with van der Waals surface area (Å²) in [6.07, 6.45) is -4.85. The molecule has 0 unspecified atom stereocenters. The first-order valence-electron chi connectivity index (χ1n) is 9.07. The molecule has 1 amide bonds. The second-order valence-electron chi connectivity index (χ2n) is 6.96. The molecule has 1 aromatic heterocycles. The number of benzene rings is 2. The average Bonchev–Trinajstić information content (AvgIpc) is 3.14.